The van der Waals surface area contributed by atoms with E-state index < -0.39 is 5.91 Å². The average Bonchev–Trinajstić information content (AvgIpc) is 3.09. The molecule has 3 heterocycles. The number of nitrogens with zero attached hydrogens (tertiary/aromatic N) is 3. The van der Waals surface area contributed by atoms with Crippen LogP contribution in [0, 0.1) is 5.41 Å². The van der Waals surface area contributed by atoms with Crippen molar-refractivity contribution in [3.05, 3.63) is 41.7 Å². The molecule has 0 unspecified atom stereocenters. The summed E-state index contributed by atoms with van der Waals surface area (Å²) in [5.41, 5.74) is 8.30. The molecule has 114 valence electrons. The number of nitrogen functional groups attached to an aromatic ring is 1. The number of fused-ring (bicyclic) bond motifs is 3. The summed E-state index contributed by atoms with van der Waals surface area (Å²) < 4.78 is 6.90. The first-order valence-electron chi connectivity index (χ1n) is 6.81. The van der Waals surface area contributed by atoms with E-state index in [2.05, 4.69) is 15.3 Å². The Kier molecular flexibility index (Phi) is 2.61. The fourth-order valence-corrected chi connectivity index (χ4v) is 2.69. The second-order valence-electron chi connectivity index (χ2n) is 5.06. The van der Waals surface area contributed by atoms with Crippen LogP contribution in [0.3, 0.4) is 0 Å². The predicted octanol–water partition coefficient (Wildman–Crippen LogP) is 1.08. The highest BCUT2D eigenvalue weighted by molar-refractivity contribution is 6.28. The number of carbonyl (C=O) groups excluding carboxylic acids is 1. The number of carbonyl (C=O) groups is 1. The number of hydrogen-bond acceptors (Lipinski definition) is 6. The number of ether oxygens (including phenoxy) is 1. The van der Waals surface area contributed by atoms with Crippen molar-refractivity contribution in [3.63, 3.8) is 0 Å². The topological polar surface area (TPSA) is 119 Å². The molecule has 0 spiro atoms. The predicted molar refractivity (Wildman–Crippen MR) is 84.1 cm³/mol. The van der Waals surface area contributed by atoms with Crippen molar-refractivity contribution in [2.24, 2.45) is 0 Å². The van der Waals surface area contributed by atoms with E-state index in [1.807, 2.05) is 24.3 Å². The number of methoxy groups -OCH3 is 1. The summed E-state index contributed by atoms with van der Waals surface area (Å²) in [6.45, 7) is 0. The first-order valence-corrected chi connectivity index (χ1v) is 6.81. The van der Waals surface area contributed by atoms with Gasteiger partial charge < -0.3 is 15.8 Å². The van der Waals surface area contributed by atoms with Crippen LogP contribution in [0.15, 0.2) is 30.6 Å². The highest BCUT2D eigenvalue weighted by Gasteiger charge is 2.31. The van der Waals surface area contributed by atoms with Gasteiger partial charge in [-0.1, -0.05) is 0 Å². The SMILES string of the molecule is COc1ccc(-n2cnc3c4c(c(N)nc32)C(=O)NC4=N)cc1. The van der Waals surface area contributed by atoms with Crippen molar-refractivity contribution in [1.82, 2.24) is 19.9 Å². The molecule has 0 saturated heterocycles. The Balaban J connectivity index is 1.97. The smallest absolute Gasteiger partial charge is 0.261 e. The van der Waals surface area contributed by atoms with Crippen LogP contribution >= 0.6 is 0 Å². The lowest BCUT2D eigenvalue weighted by molar-refractivity contribution is 0.0984. The maximum atomic E-state index is 11.9. The molecule has 0 atom stereocenters. The third kappa shape index (κ3) is 1.78. The van der Waals surface area contributed by atoms with Crippen LogP contribution in [0.4, 0.5) is 5.82 Å². The maximum absolute atomic E-state index is 11.9. The summed E-state index contributed by atoms with van der Waals surface area (Å²) in [5, 5.41) is 10.4. The molecule has 0 radical (unpaired) electrons. The largest absolute Gasteiger partial charge is 0.497 e. The van der Waals surface area contributed by atoms with Crippen LogP contribution in [0.1, 0.15) is 15.9 Å². The van der Waals surface area contributed by atoms with Gasteiger partial charge in [0.2, 0.25) is 0 Å². The quantitative estimate of drug-likeness (QED) is 0.654. The van der Waals surface area contributed by atoms with Gasteiger partial charge >= 0.3 is 0 Å². The van der Waals surface area contributed by atoms with Crippen molar-refractivity contribution in [2.75, 3.05) is 12.8 Å². The Labute approximate surface area is 130 Å². The number of amidine groups is 1. The first-order chi connectivity index (χ1) is 11.1. The summed E-state index contributed by atoms with van der Waals surface area (Å²) in [7, 11) is 1.60. The van der Waals surface area contributed by atoms with Crippen molar-refractivity contribution in [1.29, 1.82) is 5.41 Å². The van der Waals surface area contributed by atoms with Crippen LogP contribution in [-0.2, 0) is 0 Å². The Morgan fingerprint density at radius 1 is 1.26 bits per heavy atom. The second-order valence-corrected chi connectivity index (χ2v) is 5.06. The van der Waals surface area contributed by atoms with Crippen LogP contribution in [0.2, 0.25) is 0 Å². The highest BCUT2D eigenvalue weighted by atomic mass is 16.5. The van der Waals surface area contributed by atoms with Crippen LogP contribution in [0.25, 0.3) is 16.9 Å². The molecule has 23 heavy (non-hydrogen) atoms. The van der Waals surface area contributed by atoms with E-state index in [4.69, 9.17) is 15.9 Å². The Morgan fingerprint density at radius 3 is 2.70 bits per heavy atom. The lowest BCUT2D eigenvalue weighted by Crippen LogP contribution is -2.20. The van der Waals surface area contributed by atoms with Crippen molar-refractivity contribution < 1.29 is 9.53 Å². The Bertz CT molecular complexity index is 974. The fourth-order valence-electron chi connectivity index (χ4n) is 2.69. The molecule has 2 aromatic heterocycles. The zero-order valence-electron chi connectivity index (χ0n) is 12.1. The number of nitrogens with two attached hydrogens (primary N) is 1. The molecule has 0 aliphatic carbocycles. The standard InChI is InChI=1S/C15H12N6O2/c1-23-8-4-2-7(3-5-8)21-6-18-11-9-10(13(17)19-14(11)21)15(22)20-12(9)16/h2-6H,1H3,(H2,17,19)(H2,16,20,22). The molecule has 1 aliphatic heterocycles. The van der Waals surface area contributed by atoms with E-state index in [1.165, 1.54) is 0 Å². The summed E-state index contributed by atoms with van der Waals surface area (Å²) in [6, 6.07) is 7.37. The summed E-state index contributed by atoms with van der Waals surface area (Å²) in [6.07, 6.45) is 1.59. The monoisotopic (exact) mass is 308 g/mol. The molecule has 0 bridgehead atoms. The van der Waals surface area contributed by atoms with Crippen molar-refractivity contribution >= 4 is 28.7 Å². The number of aromatic nitrogens is 3. The number of pyridine rings is 1. The van der Waals surface area contributed by atoms with E-state index in [0.717, 1.165) is 11.4 Å². The Morgan fingerprint density at radius 2 is 2.00 bits per heavy atom. The Hall–Kier alpha value is -3.42. The first kappa shape index (κ1) is 13.3. The lowest BCUT2D eigenvalue weighted by atomic mass is 10.1. The third-order valence-electron chi connectivity index (χ3n) is 3.78. The van der Waals surface area contributed by atoms with Crippen molar-refractivity contribution in [3.8, 4) is 11.4 Å². The van der Waals surface area contributed by atoms with Gasteiger partial charge in [0.25, 0.3) is 5.91 Å². The molecule has 0 fully saturated rings. The third-order valence-corrected chi connectivity index (χ3v) is 3.78. The van der Waals surface area contributed by atoms with E-state index in [-0.39, 0.29) is 17.2 Å². The van der Waals surface area contributed by atoms with Crippen LogP contribution in [-0.4, -0.2) is 33.4 Å². The van der Waals surface area contributed by atoms with Gasteiger partial charge in [-0.2, -0.15) is 0 Å². The van der Waals surface area contributed by atoms with E-state index >= 15 is 0 Å². The number of nitrogens with one attached hydrogen (secondary N) is 2. The highest BCUT2D eigenvalue weighted by Crippen LogP contribution is 2.29. The minimum atomic E-state index is -0.420. The summed E-state index contributed by atoms with van der Waals surface area (Å²) >= 11 is 0. The van der Waals surface area contributed by atoms with E-state index in [9.17, 15) is 4.79 Å². The molecular formula is C15H12N6O2. The normalized spacial score (nSPS) is 13.3. The van der Waals surface area contributed by atoms with Crippen molar-refractivity contribution in [2.45, 2.75) is 0 Å². The van der Waals surface area contributed by atoms with Gasteiger partial charge in [-0.15, -0.1) is 0 Å². The van der Waals surface area contributed by atoms with Crippen LogP contribution in [0.5, 0.6) is 5.75 Å². The molecule has 1 aromatic carbocycles. The average molecular weight is 308 g/mol. The number of amides is 1. The fraction of sp³-hybridized carbons (Fsp3) is 0.0667. The zero-order valence-corrected chi connectivity index (χ0v) is 12.1. The van der Waals surface area contributed by atoms with E-state index in [0.29, 0.717) is 16.7 Å². The van der Waals surface area contributed by atoms with Gasteiger partial charge in [-0.3, -0.25) is 14.8 Å². The van der Waals surface area contributed by atoms with Gasteiger partial charge in [-0.25, -0.2) is 9.97 Å². The molecule has 4 rings (SSSR count). The molecule has 0 saturated carbocycles. The molecule has 8 heteroatoms. The molecule has 3 aromatic rings. The van der Waals surface area contributed by atoms with Gasteiger partial charge in [-0.05, 0) is 24.3 Å². The molecule has 8 nitrogen and oxygen atoms in total. The van der Waals surface area contributed by atoms with Gasteiger partial charge in [0.15, 0.2) is 5.65 Å². The van der Waals surface area contributed by atoms with Gasteiger partial charge in [0.1, 0.15) is 29.2 Å². The number of hydrogen-bond donors (Lipinski definition) is 3. The number of rotatable bonds is 2. The van der Waals surface area contributed by atoms with Gasteiger partial charge in [0, 0.05) is 5.69 Å². The lowest BCUT2D eigenvalue weighted by Gasteiger charge is -2.07. The molecule has 4 N–H and O–H groups in total. The number of imidazole rings is 1. The maximum Gasteiger partial charge on any atom is 0.261 e. The van der Waals surface area contributed by atoms with Crippen LogP contribution < -0.4 is 15.8 Å². The minimum Gasteiger partial charge on any atom is -0.497 e. The molecule has 1 aliphatic rings. The second kappa shape index (κ2) is 4.54. The molecule has 1 amide bonds. The summed E-state index contributed by atoms with van der Waals surface area (Å²) in [5.74, 6) is 0.394. The number of anilines is 1. The summed E-state index contributed by atoms with van der Waals surface area (Å²) in [4.78, 5) is 20.5. The zero-order chi connectivity index (χ0) is 16.1. The minimum absolute atomic E-state index is 0.0101. The van der Waals surface area contributed by atoms with Gasteiger partial charge in [0.05, 0.1) is 18.2 Å². The molecular weight excluding hydrogens is 296 g/mol. The van der Waals surface area contributed by atoms with E-state index in [1.54, 1.807) is 18.0 Å². The number of benzene rings is 1.